The Hall–Kier alpha value is -2.90. The highest BCUT2D eigenvalue weighted by Crippen LogP contribution is 2.33. The summed E-state index contributed by atoms with van der Waals surface area (Å²) in [5.74, 6) is -1.27. The lowest BCUT2D eigenvalue weighted by atomic mass is 9.90. The van der Waals surface area contributed by atoms with E-state index in [0.29, 0.717) is 24.1 Å². The molecule has 1 aliphatic rings. The van der Waals surface area contributed by atoms with Gasteiger partial charge in [-0.25, -0.2) is 4.79 Å². The van der Waals surface area contributed by atoms with E-state index in [1.807, 2.05) is 6.07 Å². The second kappa shape index (κ2) is 6.78. The van der Waals surface area contributed by atoms with Gasteiger partial charge in [0.25, 0.3) is 0 Å². The molecule has 0 fully saturated rings. The number of hydrogen-bond acceptors (Lipinski definition) is 6. The third-order valence-electron chi connectivity index (χ3n) is 4.04. The van der Waals surface area contributed by atoms with E-state index in [2.05, 4.69) is 15.4 Å². The Morgan fingerprint density at radius 2 is 2.12 bits per heavy atom. The van der Waals surface area contributed by atoms with Crippen molar-refractivity contribution in [3.05, 3.63) is 35.3 Å². The molecule has 0 spiro atoms. The number of aryl methyl sites for hydroxylation is 1. The minimum Gasteiger partial charge on any atom is -0.543 e. The van der Waals surface area contributed by atoms with Crippen LogP contribution in [0.5, 0.6) is 0 Å². The molecule has 26 heavy (non-hydrogen) atoms. The molecule has 0 aliphatic heterocycles. The number of carbonyl (C=O) groups excluding carboxylic acids is 2. The highest BCUT2D eigenvalue weighted by molar-refractivity contribution is 5.89. The first-order chi connectivity index (χ1) is 12.3. The molecule has 1 aliphatic carbocycles. The van der Waals surface area contributed by atoms with Crippen LogP contribution in [0, 0.1) is 0 Å². The molecular formula is C18H21N4O4-. The Labute approximate surface area is 151 Å². The number of aromatic nitrogens is 3. The van der Waals surface area contributed by atoms with Gasteiger partial charge in [0.15, 0.2) is 0 Å². The van der Waals surface area contributed by atoms with Crippen LogP contribution in [0.15, 0.2) is 18.5 Å². The Morgan fingerprint density at radius 1 is 1.35 bits per heavy atom. The molecule has 0 unspecified atom stereocenters. The van der Waals surface area contributed by atoms with Crippen molar-refractivity contribution in [2.24, 2.45) is 0 Å². The van der Waals surface area contributed by atoms with E-state index in [0.717, 1.165) is 11.1 Å². The maximum absolute atomic E-state index is 11.7. The third-order valence-corrected chi connectivity index (χ3v) is 4.04. The molecular weight excluding hydrogens is 336 g/mol. The van der Waals surface area contributed by atoms with Crippen molar-refractivity contribution < 1.29 is 19.4 Å². The Bertz CT molecular complexity index is 851. The van der Waals surface area contributed by atoms with Gasteiger partial charge in [-0.05, 0) is 45.2 Å². The van der Waals surface area contributed by atoms with Crippen LogP contribution in [0.1, 0.15) is 42.4 Å². The van der Waals surface area contributed by atoms with Gasteiger partial charge in [-0.15, -0.1) is 0 Å². The van der Waals surface area contributed by atoms with Crippen molar-refractivity contribution in [3.8, 4) is 11.3 Å². The summed E-state index contributed by atoms with van der Waals surface area (Å²) >= 11 is 0. The molecule has 138 valence electrons. The van der Waals surface area contributed by atoms with Gasteiger partial charge in [0, 0.05) is 30.1 Å². The van der Waals surface area contributed by atoms with Crippen molar-refractivity contribution >= 4 is 12.1 Å². The first kappa shape index (κ1) is 17.9. The van der Waals surface area contributed by atoms with Gasteiger partial charge in [0.1, 0.15) is 5.60 Å². The number of amides is 1. The lowest BCUT2D eigenvalue weighted by Crippen LogP contribution is -2.35. The molecule has 0 saturated heterocycles. The Morgan fingerprint density at radius 3 is 2.81 bits per heavy atom. The average Bonchev–Trinajstić information content (AvgIpc) is 2.92. The summed E-state index contributed by atoms with van der Waals surface area (Å²) in [6.07, 6.45) is 4.16. The highest BCUT2D eigenvalue weighted by Gasteiger charge is 2.25. The molecule has 8 heteroatoms. The fourth-order valence-electron chi connectivity index (χ4n) is 3.04. The molecule has 0 saturated carbocycles. The molecule has 2 heterocycles. The van der Waals surface area contributed by atoms with E-state index in [-0.39, 0.29) is 18.8 Å². The number of ether oxygens (including phenoxy) is 1. The Kier molecular flexibility index (Phi) is 4.67. The molecule has 0 bridgehead atoms. The predicted octanol–water partition coefficient (Wildman–Crippen LogP) is 0.932. The third kappa shape index (κ3) is 3.68. The van der Waals surface area contributed by atoms with E-state index in [1.165, 1.54) is 4.68 Å². The minimum absolute atomic E-state index is 0.0634. The van der Waals surface area contributed by atoms with Gasteiger partial charge >= 0.3 is 6.09 Å². The number of nitrogens with zero attached hydrogens (tertiary/aromatic N) is 3. The van der Waals surface area contributed by atoms with Gasteiger partial charge in [0.2, 0.25) is 0 Å². The second-order valence-corrected chi connectivity index (χ2v) is 7.15. The quantitative estimate of drug-likeness (QED) is 0.872. The maximum Gasteiger partial charge on any atom is 0.407 e. The van der Waals surface area contributed by atoms with Crippen LogP contribution >= 0.6 is 0 Å². The number of carboxylic acid groups (broad SMARTS) is 1. The van der Waals surface area contributed by atoms with Gasteiger partial charge in [-0.3, -0.25) is 9.67 Å². The molecule has 8 nitrogen and oxygen atoms in total. The van der Waals surface area contributed by atoms with Crippen LogP contribution in [-0.2, 0) is 24.1 Å². The monoisotopic (exact) mass is 357 g/mol. The van der Waals surface area contributed by atoms with Crippen molar-refractivity contribution in [1.29, 1.82) is 0 Å². The van der Waals surface area contributed by atoms with Crippen LogP contribution in [0.4, 0.5) is 4.79 Å². The first-order valence-electron chi connectivity index (χ1n) is 8.47. The number of rotatable bonds is 4. The Balaban J connectivity index is 1.80. The van der Waals surface area contributed by atoms with Crippen LogP contribution in [0.3, 0.4) is 0 Å². The summed E-state index contributed by atoms with van der Waals surface area (Å²) in [6.45, 7) is 5.72. The fraction of sp³-hybridized carbons (Fsp3) is 0.444. The van der Waals surface area contributed by atoms with Crippen LogP contribution < -0.4 is 10.4 Å². The molecule has 3 rings (SSSR count). The lowest BCUT2D eigenvalue weighted by Gasteiger charge is -2.19. The lowest BCUT2D eigenvalue weighted by molar-refractivity contribution is -0.255. The van der Waals surface area contributed by atoms with Crippen LogP contribution in [0.2, 0.25) is 0 Å². The molecule has 0 aromatic carbocycles. The van der Waals surface area contributed by atoms with E-state index in [9.17, 15) is 14.7 Å². The number of hydrogen-bond donors (Lipinski definition) is 1. The zero-order chi connectivity index (χ0) is 18.9. The summed E-state index contributed by atoms with van der Waals surface area (Å²) < 4.78 is 6.55. The molecule has 2 aromatic rings. The summed E-state index contributed by atoms with van der Waals surface area (Å²) in [5, 5.41) is 18.7. The smallest absolute Gasteiger partial charge is 0.407 e. The number of aromatic carboxylic acids is 1. The van der Waals surface area contributed by atoms with Crippen molar-refractivity contribution in [2.45, 2.75) is 45.8 Å². The number of nitrogens with one attached hydrogen (secondary N) is 1. The molecule has 1 amide bonds. The zero-order valence-corrected chi connectivity index (χ0v) is 15.0. The number of pyridine rings is 1. The van der Waals surface area contributed by atoms with E-state index in [4.69, 9.17) is 4.74 Å². The van der Waals surface area contributed by atoms with Crippen molar-refractivity contribution in [1.82, 2.24) is 20.1 Å². The summed E-state index contributed by atoms with van der Waals surface area (Å²) in [4.78, 5) is 27.5. The van der Waals surface area contributed by atoms with Gasteiger partial charge in [-0.2, -0.15) is 5.10 Å². The molecule has 0 atom stereocenters. The largest absolute Gasteiger partial charge is 0.543 e. The number of carbonyl (C=O) groups is 2. The first-order valence-corrected chi connectivity index (χ1v) is 8.47. The molecule has 0 radical (unpaired) electrons. The van der Waals surface area contributed by atoms with E-state index < -0.39 is 17.7 Å². The van der Waals surface area contributed by atoms with Crippen LogP contribution in [-0.4, -0.2) is 39.0 Å². The SMILES string of the molecule is CC(C)(C)OC(=O)NCCn1nc2c(c1C(=O)[O-])CCc1cnccc1-2. The summed E-state index contributed by atoms with van der Waals surface area (Å²) in [7, 11) is 0. The summed E-state index contributed by atoms with van der Waals surface area (Å²) in [6, 6.07) is 1.84. The highest BCUT2D eigenvalue weighted by atomic mass is 16.6. The fourth-order valence-corrected chi connectivity index (χ4v) is 3.04. The van der Waals surface area contributed by atoms with Gasteiger partial charge in [-0.1, -0.05) is 0 Å². The zero-order valence-electron chi connectivity index (χ0n) is 15.0. The standard InChI is InChI=1S/C18H22N4O4/c1-18(2,3)26-17(25)20-8-9-22-15(16(23)24)13-5-4-11-10-19-7-6-12(11)14(13)21-22/h6-7,10H,4-5,8-9H2,1-3H3,(H,20,25)(H,23,24)/p-1. The molecule has 1 N–H and O–H groups in total. The second-order valence-electron chi connectivity index (χ2n) is 7.15. The minimum atomic E-state index is -1.27. The van der Waals surface area contributed by atoms with Gasteiger partial charge in [0.05, 0.1) is 23.9 Å². The normalized spacial score (nSPS) is 12.9. The van der Waals surface area contributed by atoms with Crippen LogP contribution in [0.25, 0.3) is 11.3 Å². The van der Waals surface area contributed by atoms with Crippen molar-refractivity contribution in [2.75, 3.05) is 6.54 Å². The summed E-state index contributed by atoms with van der Waals surface area (Å²) in [5.41, 5.74) is 2.71. The predicted molar refractivity (Wildman–Crippen MR) is 91.4 cm³/mol. The molecule has 2 aromatic heterocycles. The number of carboxylic acids is 1. The maximum atomic E-state index is 11.7. The van der Waals surface area contributed by atoms with E-state index in [1.54, 1.807) is 33.2 Å². The number of alkyl carbamates (subject to hydrolysis) is 1. The van der Waals surface area contributed by atoms with Gasteiger partial charge < -0.3 is 20.0 Å². The number of fused-ring (bicyclic) bond motifs is 3. The topological polar surface area (TPSA) is 109 Å². The van der Waals surface area contributed by atoms with E-state index >= 15 is 0 Å². The van der Waals surface area contributed by atoms with Crippen molar-refractivity contribution in [3.63, 3.8) is 0 Å². The average molecular weight is 357 g/mol.